The molecule has 0 saturated carbocycles. The maximum absolute atomic E-state index is 14.2. The molecule has 3 atom stereocenters. The number of ether oxygens (including phenoxy) is 2. The van der Waals surface area contributed by atoms with E-state index in [9.17, 15) is 24.3 Å². The zero-order valence-electron chi connectivity index (χ0n) is 32.3. The summed E-state index contributed by atoms with van der Waals surface area (Å²) >= 11 is 12.4. The smallest absolute Gasteiger partial charge is 0.326 e. The highest BCUT2D eigenvalue weighted by atomic mass is 35.5. The lowest BCUT2D eigenvalue weighted by Gasteiger charge is -2.37. The molecule has 304 valence electrons. The Hall–Kier alpha value is -7.13. The summed E-state index contributed by atoms with van der Waals surface area (Å²) in [5, 5.41) is 26.1. The van der Waals surface area contributed by atoms with E-state index >= 15 is 0 Å². The molecule has 2 aliphatic heterocycles. The molecule has 6 aromatic rings. The van der Waals surface area contributed by atoms with Crippen molar-refractivity contribution in [2.45, 2.75) is 44.2 Å². The molecule has 0 bridgehead atoms. The highest BCUT2D eigenvalue weighted by Gasteiger charge is 2.39. The number of aliphatic carboxylic acids is 1. The van der Waals surface area contributed by atoms with Gasteiger partial charge in [0.25, 0.3) is 11.8 Å². The van der Waals surface area contributed by atoms with E-state index in [1.54, 1.807) is 109 Å². The molecular formula is C48H36Cl2N4O7. The van der Waals surface area contributed by atoms with Crippen molar-refractivity contribution in [1.82, 2.24) is 10.2 Å². The third-order valence-electron chi connectivity index (χ3n) is 10.7. The summed E-state index contributed by atoms with van der Waals surface area (Å²) in [4.78, 5) is 55.7. The molecule has 0 radical (unpaired) electrons. The Morgan fingerprint density at radius 1 is 0.885 bits per heavy atom. The fraction of sp³-hybridized carbons (Fsp3) is 0.146. The Morgan fingerprint density at radius 2 is 1.59 bits per heavy atom. The van der Waals surface area contributed by atoms with Crippen molar-refractivity contribution >= 4 is 52.6 Å². The van der Waals surface area contributed by atoms with Crippen LogP contribution in [0.3, 0.4) is 0 Å². The van der Waals surface area contributed by atoms with Gasteiger partial charge in [-0.2, -0.15) is 5.26 Å². The first-order chi connectivity index (χ1) is 29.5. The summed E-state index contributed by atoms with van der Waals surface area (Å²) in [6.07, 6.45) is -0.929. The summed E-state index contributed by atoms with van der Waals surface area (Å²) in [6.45, 7) is 0.217. The molecular weight excluding hydrogens is 815 g/mol. The molecule has 11 nitrogen and oxygen atoms in total. The number of nitrogens with one attached hydrogen (secondary N) is 2. The van der Waals surface area contributed by atoms with Gasteiger partial charge in [0, 0.05) is 46.1 Å². The van der Waals surface area contributed by atoms with Crippen molar-refractivity contribution in [1.29, 1.82) is 5.26 Å². The van der Waals surface area contributed by atoms with Gasteiger partial charge in [-0.25, -0.2) is 4.79 Å². The zero-order chi connectivity index (χ0) is 42.6. The molecule has 3 N–H and O–H groups in total. The molecule has 0 saturated heterocycles. The summed E-state index contributed by atoms with van der Waals surface area (Å²) in [5.74, 6) is -1.71. The predicted molar refractivity (Wildman–Crippen MR) is 229 cm³/mol. The highest BCUT2D eigenvalue weighted by Crippen LogP contribution is 2.40. The number of rotatable bonds is 11. The van der Waals surface area contributed by atoms with Gasteiger partial charge in [0.05, 0.1) is 17.3 Å². The van der Waals surface area contributed by atoms with Crippen LogP contribution >= 0.6 is 23.2 Å². The van der Waals surface area contributed by atoms with Crippen LogP contribution in [0.4, 0.5) is 5.69 Å². The number of carboxylic acids is 1. The molecule has 2 aliphatic rings. The summed E-state index contributed by atoms with van der Waals surface area (Å²) in [6, 6.07) is 38.3. The molecule has 61 heavy (non-hydrogen) atoms. The van der Waals surface area contributed by atoms with Gasteiger partial charge in [-0.3, -0.25) is 14.4 Å². The Kier molecular flexibility index (Phi) is 11.7. The van der Waals surface area contributed by atoms with Gasteiger partial charge in [-0.1, -0.05) is 89.9 Å². The molecule has 3 amide bonds. The van der Waals surface area contributed by atoms with Crippen molar-refractivity contribution in [2.75, 3.05) is 5.32 Å². The number of halogens is 2. The average Bonchev–Trinajstić information content (AvgIpc) is 3.28. The second kappa shape index (κ2) is 17.6. The lowest BCUT2D eigenvalue weighted by molar-refractivity contribution is -0.142. The van der Waals surface area contributed by atoms with Gasteiger partial charge in [0.2, 0.25) is 12.0 Å². The van der Waals surface area contributed by atoms with E-state index in [2.05, 4.69) is 16.7 Å². The molecule has 0 aromatic heterocycles. The molecule has 6 aromatic carbocycles. The van der Waals surface area contributed by atoms with E-state index < -0.39 is 41.9 Å². The SMILES string of the molecule is N#Cc1ccc(-c2ccc(C[C@H](NC(=O)C3Cc4cc5c(cc4CN3C(=O)c3ccccc3)OC(c3ccc(OCc4cc(Cl)ccc4Cl)cc3)C(=O)N5)C(=O)O)cc2)cc1. The third kappa shape index (κ3) is 9.06. The van der Waals surface area contributed by atoms with Crippen LogP contribution in [-0.2, 0) is 40.4 Å². The van der Waals surface area contributed by atoms with E-state index in [1.807, 2.05) is 24.3 Å². The number of amides is 3. The van der Waals surface area contributed by atoms with Crippen molar-refractivity contribution in [3.63, 3.8) is 0 Å². The number of carbonyl (C=O) groups is 4. The van der Waals surface area contributed by atoms with Crippen molar-refractivity contribution in [2.24, 2.45) is 0 Å². The van der Waals surface area contributed by atoms with E-state index in [1.165, 1.54) is 4.90 Å². The fourth-order valence-corrected chi connectivity index (χ4v) is 7.80. The first-order valence-electron chi connectivity index (χ1n) is 19.3. The lowest BCUT2D eigenvalue weighted by Crippen LogP contribution is -2.56. The van der Waals surface area contributed by atoms with Gasteiger partial charge in [0.15, 0.2) is 0 Å². The van der Waals surface area contributed by atoms with Crippen LogP contribution in [0.5, 0.6) is 11.5 Å². The summed E-state index contributed by atoms with van der Waals surface area (Å²) in [7, 11) is 0. The summed E-state index contributed by atoms with van der Waals surface area (Å²) < 4.78 is 12.2. The maximum Gasteiger partial charge on any atom is 0.326 e. The quantitative estimate of drug-likeness (QED) is 0.117. The van der Waals surface area contributed by atoms with Gasteiger partial charge in [0.1, 0.15) is 30.2 Å². The minimum atomic E-state index is -1.29. The monoisotopic (exact) mass is 850 g/mol. The van der Waals surface area contributed by atoms with Gasteiger partial charge >= 0.3 is 5.97 Å². The molecule has 8 rings (SSSR count). The Balaban J connectivity index is 0.994. The topological polar surface area (TPSA) is 158 Å². The zero-order valence-corrected chi connectivity index (χ0v) is 33.8. The summed E-state index contributed by atoms with van der Waals surface area (Å²) in [5.41, 5.74) is 6.51. The van der Waals surface area contributed by atoms with E-state index in [0.717, 1.165) is 16.7 Å². The standard InChI is InChI=1S/C48H36Cl2N4O7/c49-37-16-19-39(50)36(21-37)27-60-38-17-14-32(15-18-38)44-46(56)52-40-22-34-23-42(54(26-35(34)24-43(40)61-44)47(57)33-4-2-1-3-5-33)45(55)53-41(48(58)59)20-28-6-10-30(11-7-28)31-12-8-29(25-51)9-13-31/h1-19,21-22,24,41-42,44H,20,23,26-27H2,(H,52,56)(H,53,55)(H,58,59)/t41-,42?,44?/m0/s1. The van der Waals surface area contributed by atoms with E-state index in [0.29, 0.717) is 60.6 Å². The van der Waals surface area contributed by atoms with Crippen LogP contribution in [0, 0.1) is 11.3 Å². The van der Waals surface area contributed by atoms with Crippen molar-refractivity contribution in [3.05, 3.63) is 182 Å². The molecule has 2 heterocycles. The molecule has 0 spiro atoms. The number of hydrogen-bond acceptors (Lipinski definition) is 7. The molecule has 2 unspecified atom stereocenters. The van der Waals surface area contributed by atoms with E-state index in [-0.39, 0.29) is 26.0 Å². The first kappa shape index (κ1) is 40.6. The van der Waals surface area contributed by atoms with Crippen LogP contribution < -0.4 is 20.1 Å². The number of nitrogens with zero attached hydrogens (tertiary/aromatic N) is 2. The second-order valence-corrected chi connectivity index (χ2v) is 15.5. The first-order valence-corrected chi connectivity index (χ1v) is 20.1. The number of anilines is 1. The van der Waals surface area contributed by atoms with Gasteiger partial charge in [-0.05, 0) is 94.5 Å². The van der Waals surface area contributed by atoms with Gasteiger partial charge < -0.3 is 30.1 Å². The largest absolute Gasteiger partial charge is 0.489 e. The Morgan fingerprint density at radius 3 is 2.28 bits per heavy atom. The molecule has 0 fully saturated rings. The predicted octanol–water partition coefficient (Wildman–Crippen LogP) is 8.56. The van der Waals surface area contributed by atoms with Crippen molar-refractivity contribution in [3.8, 4) is 28.7 Å². The minimum absolute atomic E-state index is 0.00363. The second-order valence-electron chi connectivity index (χ2n) is 14.7. The molecule has 0 aliphatic carbocycles. The number of benzene rings is 6. The van der Waals surface area contributed by atoms with Crippen molar-refractivity contribution < 1.29 is 33.8 Å². The van der Waals surface area contributed by atoms with Crippen LogP contribution in [0.15, 0.2) is 133 Å². The number of nitriles is 1. The average molecular weight is 852 g/mol. The Labute approximate surface area is 361 Å². The fourth-order valence-electron chi connectivity index (χ4n) is 7.43. The number of hydrogen-bond donors (Lipinski definition) is 3. The minimum Gasteiger partial charge on any atom is -0.489 e. The van der Waals surface area contributed by atoms with Crippen LogP contribution in [-0.4, -0.2) is 45.8 Å². The Bertz CT molecular complexity index is 2690. The number of carboxylic acid groups (broad SMARTS) is 1. The third-order valence-corrected chi connectivity index (χ3v) is 11.3. The van der Waals surface area contributed by atoms with Crippen LogP contribution in [0.1, 0.15) is 49.8 Å². The normalized spacial score (nSPS) is 15.8. The van der Waals surface area contributed by atoms with E-state index in [4.69, 9.17) is 37.9 Å². The van der Waals surface area contributed by atoms with Crippen LogP contribution in [0.25, 0.3) is 11.1 Å². The number of carbonyl (C=O) groups excluding carboxylic acids is 3. The maximum atomic E-state index is 14.2. The van der Waals surface area contributed by atoms with Crippen LogP contribution in [0.2, 0.25) is 10.0 Å². The van der Waals surface area contributed by atoms with Gasteiger partial charge in [-0.15, -0.1) is 0 Å². The molecule has 13 heteroatoms. The lowest BCUT2D eigenvalue weighted by atomic mass is 9.91. The number of fused-ring (bicyclic) bond motifs is 2. The highest BCUT2D eigenvalue weighted by molar-refractivity contribution is 6.33.